The smallest absolute Gasteiger partial charge is 0.120 e. The van der Waals surface area contributed by atoms with Crippen LogP contribution >= 0.6 is 0 Å². The van der Waals surface area contributed by atoms with Crippen LogP contribution in [0.15, 0.2) is 48.5 Å². The van der Waals surface area contributed by atoms with Crippen LogP contribution in [0.4, 0.5) is 0 Å². The third kappa shape index (κ3) is 2.18. The van der Waals surface area contributed by atoms with Gasteiger partial charge in [0.2, 0.25) is 0 Å². The second-order valence-electron chi connectivity index (χ2n) is 6.24. The quantitative estimate of drug-likeness (QED) is 0.905. The molecular formula is C20H25NO. The summed E-state index contributed by atoms with van der Waals surface area (Å²) >= 11 is 0. The van der Waals surface area contributed by atoms with E-state index in [0.29, 0.717) is 0 Å². The maximum atomic E-state index is 11.7. The van der Waals surface area contributed by atoms with E-state index >= 15 is 0 Å². The monoisotopic (exact) mass is 295 g/mol. The molecule has 0 aromatic heterocycles. The minimum atomic E-state index is -0.893. The van der Waals surface area contributed by atoms with Crippen LogP contribution < -0.4 is 0 Å². The van der Waals surface area contributed by atoms with E-state index < -0.39 is 5.60 Å². The van der Waals surface area contributed by atoms with Crippen LogP contribution in [0.2, 0.25) is 0 Å². The molecule has 2 nitrogen and oxygen atoms in total. The Morgan fingerprint density at radius 1 is 0.909 bits per heavy atom. The van der Waals surface area contributed by atoms with E-state index in [9.17, 15) is 5.11 Å². The van der Waals surface area contributed by atoms with Crippen molar-refractivity contribution in [3.63, 3.8) is 0 Å². The number of hydrogen-bond acceptors (Lipinski definition) is 2. The zero-order valence-electron chi connectivity index (χ0n) is 13.7. The Morgan fingerprint density at radius 2 is 1.36 bits per heavy atom. The first-order chi connectivity index (χ1) is 10.6. The number of nitrogens with zero attached hydrogens (tertiary/aromatic N) is 1. The van der Waals surface area contributed by atoms with Crippen molar-refractivity contribution in [2.75, 3.05) is 19.6 Å². The third-order valence-corrected chi connectivity index (χ3v) is 5.11. The Balaban J connectivity index is 2.08. The predicted octanol–water partition coefficient (Wildman–Crippen LogP) is 3.88. The molecular weight excluding hydrogens is 270 g/mol. The lowest BCUT2D eigenvalue weighted by molar-refractivity contribution is 0.0127. The summed E-state index contributed by atoms with van der Waals surface area (Å²) < 4.78 is 0. The van der Waals surface area contributed by atoms with Crippen LogP contribution in [0, 0.1) is 5.92 Å². The second kappa shape index (κ2) is 5.86. The lowest BCUT2D eigenvalue weighted by atomic mass is 9.80. The predicted molar refractivity (Wildman–Crippen MR) is 91.8 cm³/mol. The molecule has 2 aromatic carbocycles. The SMILES string of the molecule is CCN(CC)C[C@@H](C)C1(O)c2ccccc2-c2ccccc21. The van der Waals surface area contributed by atoms with Crippen LogP contribution in [-0.2, 0) is 5.60 Å². The van der Waals surface area contributed by atoms with E-state index in [0.717, 1.165) is 30.8 Å². The summed E-state index contributed by atoms with van der Waals surface area (Å²) in [6.07, 6.45) is 0. The number of fused-ring (bicyclic) bond motifs is 3. The molecule has 0 saturated heterocycles. The fourth-order valence-electron chi connectivity index (χ4n) is 3.78. The third-order valence-electron chi connectivity index (χ3n) is 5.11. The maximum Gasteiger partial charge on any atom is 0.120 e. The molecule has 0 heterocycles. The molecule has 0 unspecified atom stereocenters. The van der Waals surface area contributed by atoms with Crippen LogP contribution in [-0.4, -0.2) is 29.6 Å². The lowest BCUT2D eigenvalue weighted by Gasteiger charge is -2.35. The molecule has 1 aliphatic rings. The van der Waals surface area contributed by atoms with Gasteiger partial charge in [-0.05, 0) is 35.3 Å². The van der Waals surface area contributed by atoms with Gasteiger partial charge in [0.15, 0.2) is 0 Å². The van der Waals surface area contributed by atoms with E-state index in [1.165, 1.54) is 11.1 Å². The van der Waals surface area contributed by atoms with E-state index in [2.05, 4.69) is 62.1 Å². The maximum absolute atomic E-state index is 11.7. The van der Waals surface area contributed by atoms with E-state index in [1.54, 1.807) is 0 Å². The molecule has 0 amide bonds. The average Bonchev–Trinajstić information content (AvgIpc) is 2.84. The largest absolute Gasteiger partial charge is 0.380 e. The number of rotatable bonds is 5. The molecule has 0 bridgehead atoms. The molecule has 1 atom stereocenters. The Labute approximate surface area is 133 Å². The Morgan fingerprint density at radius 3 is 1.82 bits per heavy atom. The van der Waals surface area contributed by atoms with Crippen molar-refractivity contribution >= 4 is 0 Å². The highest BCUT2D eigenvalue weighted by molar-refractivity contribution is 5.80. The van der Waals surface area contributed by atoms with Gasteiger partial charge in [0, 0.05) is 12.5 Å². The van der Waals surface area contributed by atoms with Gasteiger partial charge in [-0.25, -0.2) is 0 Å². The summed E-state index contributed by atoms with van der Waals surface area (Å²) in [5, 5.41) is 11.7. The molecule has 1 aliphatic carbocycles. The van der Waals surface area contributed by atoms with Crippen molar-refractivity contribution in [3.8, 4) is 11.1 Å². The Kier molecular flexibility index (Phi) is 4.07. The molecule has 2 heteroatoms. The molecule has 22 heavy (non-hydrogen) atoms. The highest BCUT2D eigenvalue weighted by atomic mass is 16.3. The van der Waals surface area contributed by atoms with Gasteiger partial charge in [-0.2, -0.15) is 0 Å². The van der Waals surface area contributed by atoms with Crippen molar-refractivity contribution in [1.82, 2.24) is 4.90 Å². The van der Waals surface area contributed by atoms with Gasteiger partial charge in [0.05, 0.1) is 0 Å². The van der Waals surface area contributed by atoms with Crippen molar-refractivity contribution < 1.29 is 5.11 Å². The zero-order valence-corrected chi connectivity index (χ0v) is 13.7. The summed E-state index contributed by atoms with van der Waals surface area (Å²) in [5.41, 5.74) is 3.56. The number of benzene rings is 2. The first-order valence-corrected chi connectivity index (χ1v) is 8.27. The van der Waals surface area contributed by atoms with Gasteiger partial charge >= 0.3 is 0 Å². The van der Waals surface area contributed by atoms with Crippen LogP contribution in [0.25, 0.3) is 11.1 Å². The lowest BCUT2D eigenvalue weighted by Crippen LogP contribution is -2.40. The highest BCUT2D eigenvalue weighted by Gasteiger charge is 2.45. The van der Waals surface area contributed by atoms with Gasteiger partial charge in [-0.1, -0.05) is 69.3 Å². The van der Waals surface area contributed by atoms with Gasteiger partial charge in [-0.15, -0.1) is 0 Å². The molecule has 1 N–H and O–H groups in total. The van der Waals surface area contributed by atoms with Gasteiger partial charge in [0.1, 0.15) is 5.60 Å². The standard InChI is InChI=1S/C20H25NO/c1-4-21(5-2)14-15(3)20(22)18-12-8-6-10-16(18)17-11-7-9-13-19(17)20/h6-13,15,22H,4-5,14H2,1-3H3/t15-/m1/s1. The van der Waals surface area contributed by atoms with Gasteiger partial charge in [-0.3, -0.25) is 0 Å². The molecule has 0 fully saturated rings. The summed E-state index contributed by atoms with van der Waals surface area (Å²) in [6.45, 7) is 9.44. The van der Waals surface area contributed by atoms with Crippen molar-refractivity contribution in [2.24, 2.45) is 5.92 Å². The highest BCUT2D eigenvalue weighted by Crippen LogP contribution is 2.50. The van der Waals surface area contributed by atoms with Crippen LogP contribution in [0.5, 0.6) is 0 Å². The van der Waals surface area contributed by atoms with Crippen LogP contribution in [0.1, 0.15) is 31.9 Å². The molecule has 0 saturated carbocycles. The molecule has 116 valence electrons. The molecule has 2 aromatic rings. The van der Waals surface area contributed by atoms with E-state index in [1.807, 2.05) is 12.1 Å². The van der Waals surface area contributed by atoms with Crippen molar-refractivity contribution in [2.45, 2.75) is 26.4 Å². The topological polar surface area (TPSA) is 23.5 Å². The van der Waals surface area contributed by atoms with Gasteiger partial charge < -0.3 is 10.0 Å². The summed E-state index contributed by atoms with van der Waals surface area (Å²) in [7, 11) is 0. The molecule has 0 aliphatic heterocycles. The molecule has 0 spiro atoms. The number of aliphatic hydroxyl groups is 1. The van der Waals surface area contributed by atoms with Gasteiger partial charge in [0.25, 0.3) is 0 Å². The first-order valence-electron chi connectivity index (χ1n) is 8.27. The Hall–Kier alpha value is -1.64. The van der Waals surface area contributed by atoms with Crippen molar-refractivity contribution in [1.29, 1.82) is 0 Å². The van der Waals surface area contributed by atoms with Crippen LogP contribution in [0.3, 0.4) is 0 Å². The summed E-state index contributed by atoms with van der Waals surface area (Å²) in [4.78, 5) is 2.38. The first kappa shape index (κ1) is 15.3. The normalized spacial score (nSPS) is 16.4. The minimum absolute atomic E-state index is 0.136. The fourth-order valence-corrected chi connectivity index (χ4v) is 3.78. The molecule has 0 radical (unpaired) electrons. The average molecular weight is 295 g/mol. The minimum Gasteiger partial charge on any atom is -0.380 e. The molecule has 3 rings (SSSR count). The van der Waals surface area contributed by atoms with E-state index in [-0.39, 0.29) is 5.92 Å². The number of hydrogen-bond donors (Lipinski definition) is 1. The zero-order chi connectivity index (χ0) is 15.7. The Bertz CT molecular complexity index is 615. The summed E-state index contributed by atoms with van der Waals surface area (Å²) in [5.74, 6) is 0.136. The van der Waals surface area contributed by atoms with E-state index in [4.69, 9.17) is 0 Å². The van der Waals surface area contributed by atoms with Crippen molar-refractivity contribution in [3.05, 3.63) is 59.7 Å². The fraction of sp³-hybridized carbons (Fsp3) is 0.400. The summed E-state index contributed by atoms with van der Waals surface area (Å²) in [6, 6.07) is 16.6. The second-order valence-corrected chi connectivity index (χ2v) is 6.24.